The van der Waals surface area contributed by atoms with Crippen LogP contribution in [0.2, 0.25) is 0 Å². The van der Waals surface area contributed by atoms with Gasteiger partial charge in [-0.1, -0.05) is 18.6 Å². The Hall–Kier alpha value is -1.69. The number of amides is 1. The van der Waals surface area contributed by atoms with Gasteiger partial charge in [-0.15, -0.1) is 0 Å². The molecule has 0 saturated heterocycles. The van der Waals surface area contributed by atoms with E-state index in [1.807, 2.05) is 0 Å². The smallest absolute Gasteiger partial charge is 0.387 e. The molecule has 0 bridgehead atoms. The molecule has 0 radical (unpaired) electrons. The molecule has 21 heavy (non-hydrogen) atoms. The summed E-state index contributed by atoms with van der Waals surface area (Å²) in [4.78, 5) is 12.0. The lowest BCUT2D eigenvalue weighted by Crippen LogP contribution is -2.40. The van der Waals surface area contributed by atoms with E-state index in [-0.39, 0.29) is 24.1 Å². The third-order valence-corrected chi connectivity index (χ3v) is 3.82. The van der Waals surface area contributed by atoms with Crippen LogP contribution in [-0.2, 0) is 11.2 Å². The standard InChI is InChI=1S/C15H20F2N2O2/c16-15(17)21-12-6-4-10(5-7-12)8-14(20)19-13-3-1-2-11(13)9-18/h4-7,11,13,15H,1-3,8-9,18H2,(H,19,20). The molecule has 1 aliphatic rings. The van der Waals surface area contributed by atoms with Crippen molar-refractivity contribution in [2.75, 3.05) is 6.54 Å². The minimum atomic E-state index is -2.84. The van der Waals surface area contributed by atoms with Gasteiger partial charge in [-0.3, -0.25) is 4.79 Å². The van der Waals surface area contributed by atoms with Crippen LogP contribution in [0.4, 0.5) is 8.78 Å². The maximum Gasteiger partial charge on any atom is 0.387 e. The Bertz CT molecular complexity index is 465. The van der Waals surface area contributed by atoms with E-state index in [9.17, 15) is 13.6 Å². The molecule has 1 saturated carbocycles. The van der Waals surface area contributed by atoms with E-state index >= 15 is 0 Å². The molecule has 1 fully saturated rings. The quantitative estimate of drug-likeness (QED) is 0.845. The van der Waals surface area contributed by atoms with Crippen molar-refractivity contribution in [1.82, 2.24) is 5.32 Å². The Kier molecular flexibility index (Phi) is 5.50. The van der Waals surface area contributed by atoms with Crippen LogP contribution in [0.1, 0.15) is 24.8 Å². The van der Waals surface area contributed by atoms with Crippen LogP contribution in [-0.4, -0.2) is 25.1 Å². The topological polar surface area (TPSA) is 64.3 Å². The third kappa shape index (κ3) is 4.67. The first-order valence-corrected chi connectivity index (χ1v) is 7.11. The summed E-state index contributed by atoms with van der Waals surface area (Å²) in [7, 11) is 0. The van der Waals surface area contributed by atoms with Gasteiger partial charge in [0.25, 0.3) is 0 Å². The Balaban J connectivity index is 1.85. The Morgan fingerprint density at radius 3 is 2.67 bits per heavy atom. The molecule has 1 aromatic rings. The van der Waals surface area contributed by atoms with E-state index in [2.05, 4.69) is 10.1 Å². The van der Waals surface area contributed by atoms with Crippen LogP contribution >= 0.6 is 0 Å². The summed E-state index contributed by atoms with van der Waals surface area (Å²) in [6.45, 7) is -2.25. The average Bonchev–Trinajstić information content (AvgIpc) is 2.87. The number of benzene rings is 1. The van der Waals surface area contributed by atoms with Crippen LogP contribution in [0.25, 0.3) is 0 Å². The van der Waals surface area contributed by atoms with Crippen LogP contribution in [0.15, 0.2) is 24.3 Å². The first kappa shape index (κ1) is 15.7. The van der Waals surface area contributed by atoms with Gasteiger partial charge in [0, 0.05) is 6.04 Å². The fraction of sp³-hybridized carbons (Fsp3) is 0.533. The second-order valence-electron chi connectivity index (χ2n) is 5.30. The number of nitrogens with one attached hydrogen (secondary N) is 1. The van der Waals surface area contributed by atoms with Crippen molar-refractivity contribution in [2.45, 2.75) is 38.3 Å². The SMILES string of the molecule is NCC1CCCC1NC(=O)Cc1ccc(OC(F)F)cc1. The van der Waals surface area contributed by atoms with Crippen LogP contribution in [0.3, 0.4) is 0 Å². The first-order chi connectivity index (χ1) is 10.1. The van der Waals surface area contributed by atoms with Crippen molar-refractivity contribution in [3.05, 3.63) is 29.8 Å². The molecule has 2 atom stereocenters. The molecule has 2 unspecified atom stereocenters. The Morgan fingerprint density at radius 2 is 2.05 bits per heavy atom. The summed E-state index contributed by atoms with van der Waals surface area (Å²) in [6.07, 6.45) is 3.34. The predicted molar refractivity (Wildman–Crippen MR) is 75.1 cm³/mol. The number of hydrogen-bond donors (Lipinski definition) is 2. The molecule has 2 rings (SSSR count). The summed E-state index contributed by atoms with van der Waals surface area (Å²) in [5.74, 6) is 0.381. The highest BCUT2D eigenvalue weighted by molar-refractivity contribution is 5.79. The molecule has 1 aromatic carbocycles. The summed E-state index contributed by atoms with van der Waals surface area (Å²) in [6, 6.07) is 6.27. The summed E-state index contributed by atoms with van der Waals surface area (Å²) >= 11 is 0. The van der Waals surface area contributed by atoms with Gasteiger partial charge in [0.1, 0.15) is 5.75 Å². The lowest BCUT2D eigenvalue weighted by molar-refractivity contribution is -0.121. The normalized spacial score (nSPS) is 21.5. The summed E-state index contributed by atoms with van der Waals surface area (Å²) < 4.78 is 28.3. The third-order valence-electron chi connectivity index (χ3n) is 3.82. The van der Waals surface area contributed by atoms with Crippen molar-refractivity contribution in [1.29, 1.82) is 0 Å². The van der Waals surface area contributed by atoms with Crippen LogP contribution < -0.4 is 15.8 Å². The highest BCUT2D eigenvalue weighted by atomic mass is 19.3. The number of nitrogens with two attached hydrogens (primary N) is 1. The fourth-order valence-corrected chi connectivity index (χ4v) is 2.74. The second-order valence-corrected chi connectivity index (χ2v) is 5.30. The molecular weight excluding hydrogens is 278 g/mol. The van der Waals surface area contributed by atoms with Crippen molar-refractivity contribution in [2.24, 2.45) is 11.7 Å². The lowest BCUT2D eigenvalue weighted by atomic mass is 10.0. The van der Waals surface area contributed by atoms with Gasteiger partial charge in [0.05, 0.1) is 6.42 Å². The van der Waals surface area contributed by atoms with Gasteiger partial charge >= 0.3 is 6.61 Å². The van der Waals surface area contributed by atoms with Crippen molar-refractivity contribution >= 4 is 5.91 Å². The molecule has 0 aromatic heterocycles. The molecule has 1 aliphatic carbocycles. The maximum absolute atomic E-state index is 12.0. The van der Waals surface area contributed by atoms with E-state index < -0.39 is 6.61 Å². The zero-order valence-corrected chi connectivity index (χ0v) is 11.7. The zero-order chi connectivity index (χ0) is 15.2. The number of carbonyl (C=O) groups is 1. The predicted octanol–water partition coefficient (Wildman–Crippen LogP) is 2.07. The van der Waals surface area contributed by atoms with Gasteiger partial charge in [0.2, 0.25) is 5.91 Å². The van der Waals surface area contributed by atoms with E-state index in [1.165, 1.54) is 12.1 Å². The van der Waals surface area contributed by atoms with Gasteiger partial charge in [0.15, 0.2) is 0 Å². The summed E-state index contributed by atoms with van der Waals surface area (Å²) in [5, 5.41) is 3.00. The van der Waals surface area contributed by atoms with Gasteiger partial charge in [-0.05, 0) is 43.0 Å². The number of rotatable bonds is 6. The van der Waals surface area contributed by atoms with Gasteiger partial charge < -0.3 is 15.8 Å². The number of ether oxygens (including phenoxy) is 1. The Morgan fingerprint density at radius 1 is 1.33 bits per heavy atom. The molecule has 6 heteroatoms. The lowest BCUT2D eigenvalue weighted by Gasteiger charge is -2.19. The minimum Gasteiger partial charge on any atom is -0.435 e. The number of alkyl halides is 2. The molecule has 116 valence electrons. The highest BCUT2D eigenvalue weighted by Crippen LogP contribution is 2.24. The van der Waals surface area contributed by atoms with Crippen molar-refractivity contribution in [3.63, 3.8) is 0 Å². The van der Waals surface area contributed by atoms with Gasteiger partial charge in [-0.25, -0.2) is 0 Å². The number of hydrogen-bond acceptors (Lipinski definition) is 3. The van der Waals surface area contributed by atoms with E-state index in [4.69, 9.17) is 5.73 Å². The Labute approximate surface area is 122 Å². The van der Waals surface area contributed by atoms with Crippen LogP contribution in [0, 0.1) is 5.92 Å². The van der Waals surface area contributed by atoms with Crippen molar-refractivity contribution in [3.8, 4) is 5.75 Å². The molecule has 1 amide bonds. The molecular formula is C15H20F2N2O2. The zero-order valence-electron chi connectivity index (χ0n) is 11.7. The highest BCUT2D eigenvalue weighted by Gasteiger charge is 2.27. The molecule has 4 nitrogen and oxygen atoms in total. The fourth-order valence-electron chi connectivity index (χ4n) is 2.74. The van der Waals surface area contributed by atoms with E-state index in [0.29, 0.717) is 12.5 Å². The second kappa shape index (κ2) is 7.36. The first-order valence-electron chi connectivity index (χ1n) is 7.11. The monoisotopic (exact) mass is 298 g/mol. The van der Waals surface area contributed by atoms with Crippen molar-refractivity contribution < 1.29 is 18.3 Å². The molecule has 0 heterocycles. The molecule has 3 N–H and O–H groups in total. The molecule has 0 spiro atoms. The number of halogens is 2. The maximum atomic E-state index is 12.0. The van der Waals surface area contributed by atoms with E-state index in [0.717, 1.165) is 24.8 Å². The molecule has 0 aliphatic heterocycles. The largest absolute Gasteiger partial charge is 0.435 e. The average molecular weight is 298 g/mol. The van der Waals surface area contributed by atoms with Gasteiger partial charge in [-0.2, -0.15) is 8.78 Å². The summed E-state index contributed by atoms with van der Waals surface area (Å²) in [5.41, 5.74) is 6.44. The van der Waals surface area contributed by atoms with E-state index in [1.54, 1.807) is 12.1 Å². The minimum absolute atomic E-state index is 0.0668. The van der Waals surface area contributed by atoms with Crippen LogP contribution in [0.5, 0.6) is 5.75 Å². The number of carbonyl (C=O) groups excluding carboxylic acids is 1.